The van der Waals surface area contributed by atoms with Crippen molar-refractivity contribution in [2.24, 2.45) is 0 Å². The number of carbonyl (C=O) groups is 4. The fourth-order valence-electron chi connectivity index (χ4n) is 10.1. The number of nitrogens with one attached hydrogen (secondary N) is 3. The number of aromatic carboxylic acids is 1. The second-order valence-corrected chi connectivity index (χ2v) is 24.0. The number of hydrogen-bond donors (Lipinski definition) is 5. The molecule has 4 aromatic carbocycles. The number of fused-ring (bicyclic) bond motifs is 2. The lowest BCUT2D eigenvalue weighted by Gasteiger charge is -2.24. The summed E-state index contributed by atoms with van der Waals surface area (Å²) in [6.07, 6.45) is 10.4. The Morgan fingerprint density at radius 3 is 1.31 bits per heavy atom. The third-order valence-corrected chi connectivity index (χ3v) is 14.6. The van der Waals surface area contributed by atoms with Crippen LogP contribution in [-0.2, 0) is 22.6 Å². The zero-order valence-electron chi connectivity index (χ0n) is 53.8. The number of aromatic nitrogens is 10. The topological polar surface area (TPSA) is 325 Å². The number of nitrogens with zero attached hydrogens (tertiary/aromatic N) is 12. The van der Waals surface area contributed by atoms with Gasteiger partial charge in [0.1, 0.15) is 56.5 Å². The van der Waals surface area contributed by atoms with Crippen LogP contribution < -0.4 is 40.6 Å². The lowest BCUT2D eigenvalue weighted by molar-refractivity contribution is 0.0283. The molecule has 0 aliphatic carbocycles. The van der Waals surface area contributed by atoms with Crippen LogP contribution in [0.25, 0.3) is 22.1 Å². The number of nitrogen functional groups attached to an aromatic ring is 1. The van der Waals surface area contributed by atoms with Crippen LogP contribution in [0.4, 0.5) is 33.1 Å². The first-order valence-electron chi connectivity index (χ1n) is 30.5. The number of amides is 3. The molecule has 0 radical (unpaired) electrons. The Morgan fingerprint density at radius 2 is 0.926 bits per heavy atom. The number of anilines is 4. The van der Waals surface area contributed by atoms with E-state index in [1.807, 2.05) is 94.8 Å². The summed E-state index contributed by atoms with van der Waals surface area (Å²) in [4.78, 5) is 77.4. The van der Waals surface area contributed by atoms with Crippen molar-refractivity contribution < 1.29 is 52.7 Å². The Balaban J connectivity index is 0.000000189. The van der Waals surface area contributed by atoms with E-state index < -0.39 is 17.2 Å². The summed E-state index contributed by atoms with van der Waals surface area (Å²) in [5.74, 6) is 3.96. The number of likely N-dealkylation sites (tertiary alicyclic amines) is 2. The van der Waals surface area contributed by atoms with Gasteiger partial charge in [-0.05, 0) is 150 Å². The van der Waals surface area contributed by atoms with Crippen LogP contribution in [0.5, 0.6) is 34.5 Å². The molecule has 27 nitrogen and oxygen atoms in total. The molecule has 6 N–H and O–H groups in total. The summed E-state index contributed by atoms with van der Waals surface area (Å²) in [5, 5.41) is 30.1. The van der Waals surface area contributed by atoms with Crippen LogP contribution in [0.1, 0.15) is 86.2 Å². The molecule has 27 heteroatoms. The fraction of sp³-hybridized carbons (Fsp3) is 0.294. The lowest BCUT2D eigenvalue weighted by Crippen LogP contribution is -2.36. The monoisotopic (exact) mass is 1290 g/mol. The predicted molar refractivity (Wildman–Crippen MR) is 355 cm³/mol. The van der Waals surface area contributed by atoms with E-state index in [-0.39, 0.29) is 41.7 Å². The highest BCUT2D eigenvalue weighted by atomic mass is 16.6. The van der Waals surface area contributed by atoms with E-state index in [2.05, 4.69) is 45.9 Å². The molecular weight excluding hydrogens is 1220 g/mol. The van der Waals surface area contributed by atoms with Crippen LogP contribution in [0.2, 0.25) is 0 Å². The molecule has 2 aliphatic heterocycles. The van der Waals surface area contributed by atoms with Gasteiger partial charge in [0, 0.05) is 93.1 Å². The summed E-state index contributed by atoms with van der Waals surface area (Å²) in [6, 6.07) is 35.3. The van der Waals surface area contributed by atoms with Gasteiger partial charge in [0.05, 0.1) is 32.9 Å². The van der Waals surface area contributed by atoms with Crippen molar-refractivity contribution in [1.82, 2.24) is 59.3 Å². The van der Waals surface area contributed by atoms with Gasteiger partial charge in [0.15, 0.2) is 22.9 Å². The number of benzene rings is 4. The average Bonchev–Trinajstić information content (AvgIpc) is 1.64. The molecule has 3 amide bonds. The predicted octanol–water partition coefficient (Wildman–Crippen LogP) is 11.2. The van der Waals surface area contributed by atoms with Crippen molar-refractivity contribution in [2.75, 3.05) is 62.1 Å². The molecule has 0 saturated carbocycles. The van der Waals surface area contributed by atoms with Crippen molar-refractivity contribution in [2.45, 2.75) is 90.8 Å². The van der Waals surface area contributed by atoms with E-state index in [1.165, 1.54) is 12.1 Å². The number of nitrogens with two attached hydrogens (primary N) is 1. The van der Waals surface area contributed by atoms with E-state index in [0.29, 0.717) is 107 Å². The molecule has 95 heavy (non-hydrogen) atoms. The van der Waals surface area contributed by atoms with Gasteiger partial charge in [-0.25, -0.2) is 53.7 Å². The molecule has 8 heterocycles. The normalized spacial score (nSPS) is 14.4. The molecule has 6 aromatic heterocycles. The minimum absolute atomic E-state index is 0.0574. The van der Waals surface area contributed by atoms with E-state index >= 15 is 0 Å². The van der Waals surface area contributed by atoms with Crippen LogP contribution in [0.3, 0.4) is 0 Å². The molecule has 2 saturated heterocycles. The fourth-order valence-corrected chi connectivity index (χ4v) is 10.1. The standard InChI is InChI=1S/C34H36N8O5.C30H33N5O6.C4H5N3/c1-34(2,3)47-33(44)41-19-15-24(21-41)38-29-28-27(14-18-35-30(28)42(40-29)20-22-6-10-25(45-4)11-7-22)46-26-12-8-23(9-13-26)31(43)39-32-36-16-5-17-37-32;1-30(2,3)41-29(38)34-16-14-21(18-34)32-26-25-24(40-23-11-7-20(8-12-23)28(36)37)13-15-31-27(25)35(33-26)17-19-5-9-22(39-4)10-6-19;5-4-6-2-1-3-7-4/h5-14,16-18,24H,15,19-21H2,1-4H3,(H,38,40)(H,36,37,39,43);5-13,15,21H,14,16-18H2,1-4H3,(H,32,33)(H,36,37);1-3H,(H2,5,6,7)/t24-;21-;/m11./s1. The zero-order valence-corrected chi connectivity index (χ0v) is 53.8. The highest BCUT2D eigenvalue weighted by Gasteiger charge is 2.33. The molecule has 0 unspecified atom stereocenters. The molecule has 10 aromatic rings. The van der Waals surface area contributed by atoms with Crippen molar-refractivity contribution in [1.29, 1.82) is 0 Å². The zero-order chi connectivity index (χ0) is 67.2. The van der Waals surface area contributed by atoms with Gasteiger partial charge >= 0.3 is 18.2 Å². The Labute approximate surface area is 547 Å². The molecule has 492 valence electrons. The first-order valence-corrected chi connectivity index (χ1v) is 30.5. The Hall–Kier alpha value is -11.6. The van der Waals surface area contributed by atoms with Gasteiger partial charge in [0.2, 0.25) is 11.9 Å². The number of rotatable bonds is 17. The number of carbonyl (C=O) groups excluding carboxylic acids is 3. The maximum absolute atomic E-state index is 12.7. The second-order valence-electron chi connectivity index (χ2n) is 24.0. The van der Waals surface area contributed by atoms with Gasteiger partial charge in [-0.1, -0.05) is 24.3 Å². The van der Waals surface area contributed by atoms with Gasteiger partial charge in [-0.15, -0.1) is 0 Å². The maximum atomic E-state index is 12.7. The summed E-state index contributed by atoms with van der Waals surface area (Å²) in [7, 11) is 3.26. The summed E-state index contributed by atoms with van der Waals surface area (Å²) in [5.41, 5.74) is 7.85. The molecule has 2 fully saturated rings. The summed E-state index contributed by atoms with van der Waals surface area (Å²) >= 11 is 0. The number of hydrogen-bond acceptors (Lipinski definition) is 21. The van der Waals surface area contributed by atoms with E-state index in [0.717, 1.165) is 35.5 Å². The second kappa shape index (κ2) is 29.8. The Bertz CT molecular complexity index is 4240. The maximum Gasteiger partial charge on any atom is 0.410 e. The summed E-state index contributed by atoms with van der Waals surface area (Å²) in [6.45, 7) is 14.1. The first-order chi connectivity index (χ1) is 45.6. The summed E-state index contributed by atoms with van der Waals surface area (Å²) < 4.78 is 37.9. The van der Waals surface area contributed by atoms with E-state index in [9.17, 15) is 24.3 Å². The number of carboxylic acids is 1. The van der Waals surface area contributed by atoms with Crippen molar-refractivity contribution >= 4 is 69.7 Å². The van der Waals surface area contributed by atoms with Gasteiger partial charge in [-0.3, -0.25) is 10.1 Å². The first kappa shape index (κ1) is 66.3. The Kier molecular flexibility index (Phi) is 20.8. The molecular formula is C68H74N16O11. The smallest absolute Gasteiger partial charge is 0.410 e. The van der Waals surface area contributed by atoms with Crippen LogP contribution in [0, 0.1) is 0 Å². The molecule has 2 atom stereocenters. The van der Waals surface area contributed by atoms with Crippen LogP contribution in [-0.4, -0.2) is 152 Å². The van der Waals surface area contributed by atoms with Crippen molar-refractivity contribution in [3.05, 3.63) is 181 Å². The SMILES string of the molecule is COc1ccc(Cn2nc(N[C@@H]3CCN(C(=O)OC(C)(C)C)C3)c3c(Oc4ccc(C(=O)Nc5ncccn5)cc4)ccnc32)cc1.COc1ccc(Cn2nc(N[C@@H]3CCN(C(=O)OC(C)(C)C)C3)c3c(Oc4ccc(C(=O)O)cc4)ccnc32)cc1.Nc1ncccn1. The highest BCUT2D eigenvalue weighted by molar-refractivity contribution is 6.03. The largest absolute Gasteiger partial charge is 0.497 e. The number of carboxylic acid groups (broad SMARTS) is 1. The quantitative estimate of drug-likeness (QED) is 0.0565. The average molecular weight is 1290 g/mol. The van der Waals surface area contributed by atoms with Gasteiger partial charge in [-0.2, -0.15) is 10.2 Å². The molecule has 2 aliphatic rings. The third kappa shape index (κ3) is 17.9. The van der Waals surface area contributed by atoms with Gasteiger partial charge < -0.3 is 59.7 Å². The van der Waals surface area contributed by atoms with Crippen molar-refractivity contribution in [3.63, 3.8) is 0 Å². The minimum atomic E-state index is -1.01. The third-order valence-electron chi connectivity index (χ3n) is 14.6. The molecule has 0 spiro atoms. The molecule has 12 rings (SSSR count). The molecule has 0 bridgehead atoms. The number of pyridine rings is 2. The van der Waals surface area contributed by atoms with Crippen LogP contribution >= 0.6 is 0 Å². The van der Waals surface area contributed by atoms with Crippen LogP contribution in [0.15, 0.2) is 159 Å². The van der Waals surface area contributed by atoms with Gasteiger partial charge in [0.25, 0.3) is 5.91 Å². The highest BCUT2D eigenvalue weighted by Crippen LogP contribution is 2.38. The van der Waals surface area contributed by atoms with Crippen molar-refractivity contribution in [3.8, 4) is 34.5 Å². The lowest BCUT2D eigenvalue weighted by atomic mass is 10.2. The van der Waals surface area contributed by atoms with E-state index in [1.54, 1.807) is 127 Å². The number of ether oxygens (including phenoxy) is 6. The minimum Gasteiger partial charge on any atom is -0.497 e. The van der Waals surface area contributed by atoms with E-state index in [4.69, 9.17) is 44.4 Å². The number of methoxy groups -OCH3 is 2. The Morgan fingerprint density at radius 1 is 0.526 bits per heavy atom.